The first-order valence-corrected chi connectivity index (χ1v) is 11.9. The molecule has 0 N–H and O–H groups in total. The molecule has 0 aliphatic heterocycles. The van der Waals surface area contributed by atoms with E-state index in [1.807, 2.05) is 0 Å². The molecule has 0 heterocycles. The van der Waals surface area contributed by atoms with Crippen molar-refractivity contribution in [1.82, 2.24) is 0 Å². The molecule has 8 aliphatic carbocycles. The molecule has 154 valence electrons. The lowest BCUT2D eigenvalue weighted by molar-refractivity contribution is -0.180. The van der Waals surface area contributed by atoms with Gasteiger partial charge in [-0.1, -0.05) is 0 Å². The molecule has 8 fully saturated rings. The molecule has 0 radical (unpaired) electrons. The minimum absolute atomic E-state index is 0.00236. The molecule has 0 atom stereocenters. The van der Waals surface area contributed by atoms with E-state index in [0.29, 0.717) is 0 Å². The number of carbonyl (C=O) groups excluding carboxylic acids is 2. The summed E-state index contributed by atoms with van der Waals surface area (Å²) in [6.07, 6.45) is 14.2. The van der Waals surface area contributed by atoms with Crippen molar-refractivity contribution in [1.29, 1.82) is 0 Å². The number of hydrogen-bond acceptors (Lipinski definition) is 4. The molecule has 4 nitrogen and oxygen atoms in total. The van der Waals surface area contributed by atoms with E-state index in [1.165, 1.54) is 38.5 Å². The van der Waals surface area contributed by atoms with Gasteiger partial charge in [0.2, 0.25) is 0 Å². The Hall–Kier alpha value is -1.06. The van der Waals surface area contributed by atoms with E-state index >= 15 is 0 Å². The summed E-state index contributed by atoms with van der Waals surface area (Å²) in [4.78, 5) is 25.8. The molecule has 0 aromatic heterocycles. The van der Waals surface area contributed by atoms with Crippen LogP contribution < -0.4 is 0 Å². The average Bonchev–Trinajstić information content (AvgIpc) is 2.62. The monoisotopic (exact) mass is 386 g/mol. The fraction of sp³-hybridized carbons (Fsp3) is 0.917. The maximum absolute atomic E-state index is 12.9. The van der Waals surface area contributed by atoms with Crippen molar-refractivity contribution in [2.75, 3.05) is 13.2 Å². The van der Waals surface area contributed by atoms with Gasteiger partial charge in [0.15, 0.2) is 0 Å². The van der Waals surface area contributed by atoms with E-state index in [9.17, 15) is 9.59 Å². The van der Waals surface area contributed by atoms with Gasteiger partial charge in [-0.2, -0.15) is 0 Å². The second-order valence-electron chi connectivity index (χ2n) is 11.7. The van der Waals surface area contributed by atoms with Crippen LogP contribution in [-0.2, 0) is 19.1 Å². The van der Waals surface area contributed by atoms with Gasteiger partial charge in [0.25, 0.3) is 0 Å². The Kier molecular flexibility index (Phi) is 3.95. The van der Waals surface area contributed by atoms with Crippen LogP contribution in [0.5, 0.6) is 0 Å². The highest BCUT2D eigenvalue weighted by molar-refractivity contribution is 5.78. The Labute approximate surface area is 168 Å². The number of ether oxygens (including phenoxy) is 2. The summed E-state index contributed by atoms with van der Waals surface area (Å²) in [6.45, 7) is 0.470. The van der Waals surface area contributed by atoms with E-state index in [2.05, 4.69) is 0 Å². The van der Waals surface area contributed by atoms with Crippen LogP contribution in [-0.4, -0.2) is 25.2 Å². The summed E-state index contributed by atoms with van der Waals surface area (Å²) in [5, 5.41) is 0. The highest BCUT2D eigenvalue weighted by Gasteiger charge is 2.56. The Morgan fingerprint density at radius 3 is 1.04 bits per heavy atom. The molecule has 8 rings (SSSR count). The minimum Gasteiger partial charge on any atom is -0.462 e. The van der Waals surface area contributed by atoms with Crippen LogP contribution in [0.25, 0.3) is 0 Å². The molecular weight excluding hydrogens is 352 g/mol. The highest BCUT2D eigenvalue weighted by Crippen LogP contribution is 2.61. The molecule has 4 heteroatoms. The molecule has 0 saturated heterocycles. The molecular formula is C24H34O4. The van der Waals surface area contributed by atoms with Crippen molar-refractivity contribution in [2.24, 2.45) is 46.3 Å². The normalized spacial score (nSPS) is 50.0. The summed E-state index contributed by atoms with van der Waals surface area (Å²) in [5.74, 6) is 4.45. The standard InChI is InChI=1S/C24H34O4/c25-21(23-9-15-3-16(10-23)5-17(4-15)11-23)27-1-2-28-22(26)24-12-18-6-19(13-24)8-20(7-18)14-24/h15-20H,1-14H2. The number of carbonyl (C=O) groups is 2. The minimum atomic E-state index is -0.210. The van der Waals surface area contributed by atoms with Gasteiger partial charge in [0.05, 0.1) is 10.8 Å². The molecule has 0 amide bonds. The second kappa shape index (κ2) is 6.22. The van der Waals surface area contributed by atoms with Crippen LogP contribution in [0.1, 0.15) is 77.0 Å². The van der Waals surface area contributed by atoms with Crippen LogP contribution in [0, 0.1) is 46.3 Å². The number of hydrogen-bond donors (Lipinski definition) is 0. The Morgan fingerprint density at radius 1 is 0.536 bits per heavy atom. The van der Waals surface area contributed by atoms with Gasteiger partial charge in [-0.25, -0.2) is 0 Å². The van der Waals surface area contributed by atoms with Crippen molar-refractivity contribution >= 4 is 11.9 Å². The lowest BCUT2D eigenvalue weighted by Crippen LogP contribution is -2.51. The van der Waals surface area contributed by atoms with Gasteiger partial charge in [-0.15, -0.1) is 0 Å². The summed E-state index contributed by atoms with van der Waals surface area (Å²) < 4.78 is 11.4. The summed E-state index contributed by atoms with van der Waals surface area (Å²) in [7, 11) is 0. The molecule has 8 saturated carbocycles. The molecule has 0 aromatic carbocycles. The second-order valence-corrected chi connectivity index (χ2v) is 11.7. The van der Waals surface area contributed by atoms with Gasteiger partial charge in [0, 0.05) is 0 Å². The van der Waals surface area contributed by atoms with Crippen molar-refractivity contribution in [2.45, 2.75) is 77.0 Å². The largest absolute Gasteiger partial charge is 0.462 e. The van der Waals surface area contributed by atoms with E-state index in [4.69, 9.17) is 9.47 Å². The van der Waals surface area contributed by atoms with Crippen molar-refractivity contribution in [3.8, 4) is 0 Å². The SMILES string of the molecule is O=C(OCCOC(=O)C12CC3CC(CC(C3)C1)C2)C12CC3CC(CC(C3)C1)C2. The summed E-state index contributed by atoms with van der Waals surface area (Å²) in [6, 6.07) is 0. The first kappa shape index (κ1) is 17.8. The molecule has 8 bridgehead atoms. The predicted molar refractivity (Wildman–Crippen MR) is 103 cm³/mol. The summed E-state index contributed by atoms with van der Waals surface area (Å²) >= 11 is 0. The lowest BCUT2D eigenvalue weighted by Gasteiger charge is -2.55. The third-order valence-corrected chi connectivity index (χ3v) is 9.49. The van der Waals surface area contributed by atoms with Crippen molar-refractivity contribution < 1.29 is 19.1 Å². The zero-order chi connectivity index (χ0) is 18.9. The van der Waals surface area contributed by atoms with Crippen molar-refractivity contribution in [3.63, 3.8) is 0 Å². The molecule has 28 heavy (non-hydrogen) atoms. The first-order chi connectivity index (χ1) is 13.5. The number of esters is 2. The predicted octanol–water partition coefficient (Wildman–Crippen LogP) is 4.51. The van der Waals surface area contributed by atoms with Crippen LogP contribution in [0.4, 0.5) is 0 Å². The quantitative estimate of drug-likeness (QED) is 0.515. The van der Waals surface area contributed by atoms with E-state index < -0.39 is 0 Å². The van der Waals surface area contributed by atoms with Gasteiger partial charge in [-0.3, -0.25) is 9.59 Å². The summed E-state index contributed by atoms with van der Waals surface area (Å²) in [5.41, 5.74) is -0.419. The van der Waals surface area contributed by atoms with E-state index in [-0.39, 0.29) is 36.0 Å². The Morgan fingerprint density at radius 2 is 0.786 bits per heavy atom. The Bertz CT molecular complexity index is 552. The zero-order valence-corrected chi connectivity index (χ0v) is 17.0. The van der Waals surface area contributed by atoms with Crippen LogP contribution >= 0.6 is 0 Å². The molecule has 0 aromatic rings. The first-order valence-electron chi connectivity index (χ1n) is 11.9. The topological polar surface area (TPSA) is 52.6 Å². The van der Waals surface area contributed by atoms with Gasteiger partial charge >= 0.3 is 11.9 Å². The lowest BCUT2D eigenvalue weighted by atomic mass is 9.49. The molecule has 8 aliphatic rings. The van der Waals surface area contributed by atoms with E-state index in [0.717, 1.165) is 74.0 Å². The van der Waals surface area contributed by atoms with E-state index in [1.54, 1.807) is 0 Å². The van der Waals surface area contributed by atoms with Gasteiger partial charge in [-0.05, 0) is 113 Å². The average molecular weight is 387 g/mol. The van der Waals surface area contributed by atoms with Crippen molar-refractivity contribution in [3.05, 3.63) is 0 Å². The zero-order valence-electron chi connectivity index (χ0n) is 17.0. The maximum atomic E-state index is 12.9. The van der Waals surface area contributed by atoms with Crippen LogP contribution in [0.15, 0.2) is 0 Å². The van der Waals surface area contributed by atoms with Crippen LogP contribution in [0.3, 0.4) is 0 Å². The van der Waals surface area contributed by atoms with Gasteiger partial charge < -0.3 is 9.47 Å². The highest BCUT2D eigenvalue weighted by atomic mass is 16.6. The number of rotatable bonds is 5. The van der Waals surface area contributed by atoms with Gasteiger partial charge in [0.1, 0.15) is 13.2 Å². The smallest absolute Gasteiger partial charge is 0.312 e. The fourth-order valence-corrected chi connectivity index (χ4v) is 9.30. The third kappa shape index (κ3) is 2.76. The fourth-order valence-electron chi connectivity index (χ4n) is 9.30. The maximum Gasteiger partial charge on any atom is 0.312 e. The van der Waals surface area contributed by atoms with Crippen LogP contribution in [0.2, 0.25) is 0 Å². The molecule has 0 spiro atoms. The third-order valence-electron chi connectivity index (χ3n) is 9.49. The Balaban J connectivity index is 1.02. The molecule has 0 unspecified atom stereocenters.